The zero-order valence-corrected chi connectivity index (χ0v) is 22.1. The van der Waals surface area contributed by atoms with Gasteiger partial charge in [0.1, 0.15) is 16.4 Å². The summed E-state index contributed by atoms with van der Waals surface area (Å²) >= 11 is 0. The fraction of sp³-hybridized carbons (Fsp3) is 0.267. The summed E-state index contributed by atoms with van der Waals surface area (Å²) in [6.07, 6.45) is 1.36. The summed E-state index contributed by atoms with van der Waals surface area (Å²) in [7, 11) is -7.63. The summed E-state index contributed by atoms with van der Waals surface area (Å²) in [5.41, 5.74) is -0.631. The van der Waals surface area contributed by atoms with Crippen molar-refractivity contribution in [1.29, 1.82) is 0 Å². The fourth-order valence-electron chi connectivity index (χ4n) is 2.63. The number of aliphatic hydroxyl groups is 1. The van der Waals surface area contributed by atoms with E-state index < -0.39 is 64.6 Å². The van der Waals surface area contributed by atoms with Crippen molar-refractivity contribution in [1.82, 2.24) is 0 Å². The molecule has 0 heterocycles. The fourth-order valence-corrected chi connectivity index (χ4v) is 4.03. The first-order valence-electron chi connectivity index (χ1n) is 7.33. The molecule has 0 saturated carbocycles. The molecule has 1 aliphatic rings. The van der Waals surface area contributed by atoms with Crippen molar-refractivity contribution < 1.29 is 112 Å². The summed E-state index contributed by atoms with van der Waals surface area (Å²) < 4.78 is 74.3. The van der Waals surface area contributed by atoms with E-state index in [1.165, 1.54) is 0 Å². The van der Waals surface area contributed by atoms with E-state index in [0.29, 0.717) is 12.1 Å². The number of hydrogen-bond donors (Lipinski definition) is 4. The van der Waals surface area contributed by atoms with Gasteiger partial charge >= 0.3 is 59.1 Å². The van der Waals surface area contributed by atoms with Crippen molar-refractivity contribution in [2.75, 3.05) is 14.2 Å². The first-order chi connectivity index (χ1) is 12.8. The third-order valence-electron chi connectivity index (χ3n) is 4.02. The molecule has 0 radical (unpaired) electrons. The third kappa shape index (κ3) is 5.94. The van der Waals surface area contributed by atoms with Gasteiger partial charge in [0.15, 0.2) is 5.78 Å². The second kappa shape index (κ2) is 10.6. The van der Waals surface area contributed by atoms with Crippen molar-refractivity contribution >= 4 is 26.0 Å². The molecule has 1 atom stereocenters. The van der Waals surface area contributed by atoms with Crippen LogP contribution in [0.1, 0.15) is 13.2 Å². The molecule has 158 valence electrons. The first-order valence-corrected chi connectivity index (χ1v) is 10.2. The number of allylic oxidation sites excluding steroid dienone is 1. The molecule has 0 aliphatic heterocycles. The largest absolute Gasteiger partial charge is 1.00 e. The first kappa shape index (κ1) is 29.7. The summed E-state index contributed by atoms with van der Waals surface area (Å²) in [6.45, 7) is 0. The normalized spacial score (nSPS) is 18.3. The molecule has 1 aliphatic carbocycles. The number of phenolic OH excluding ortho intramolecular Hbond substituents is 1. The number of carbonyl (C=O) groups excluding carboxylic acids is 1. The molecule has 30 heavy (non-hydrogen) atoms. The average molecular weight is 484 g/mol. The number of aromatic hydroxyl groups is 1. The van der Waals surface area contributed by atoms with Crippen molar-refractivity contribution in [3.05, 3.63) is 46.6 Å². The predicted octanol–water partition coefficient (Wildman–Crippen LogP) is -5.11. The van der Waals surface area contributed by atoms with Gasteiger partial charge in [0.05, 0.1) is 16.4 Å². The van der Waals surface area contributed by atoms with Crippen LogP contribution in [0.3, 0.4) is 0 Å². The summed E-state index contributed by atoms with van der Waals surface area (Å²) in [5.74, 6) is -6.52. The molecule has 0 bridgehead atoms. The molecule has 2 rings (SSSR count). The summed E-state index contributed by atoms with van der Waals surface area (Å²) in [5, 5.41) is 20.1. The van der Waals surface area contributed by atoms with Gasteiger partial charge in [-0.05, 0) is 24.3 Å². The van der Waals surface area contributed by atoms with Crippen molar-refractivity contribution in [2.24, 2.45) is 5.92 Å². The van der Waals surface area contributed by atoms with E-state index in [-0.39, 0.29) is 62.0 Å². The number of carbonyl (C=O) groups is 1. The quantitative estimate of drug-likeness (QED) is 0.131. The average Bonchev–Trinajstić information content (AvgIpc) is 2.59. The minimum atomic E-state index is -4.97. The van der Waals surface area contributed by atoms with Gasteiger partial charge in [-0.25, -0.2) is 0 Å². The molecule has 1 aromatic carbocycles. The van der Waals surface area contributed by atoms with Crippen molar-refractivity contribution in [3.8, 4) is 5.75 Å². The van der Waals surface area contributed by atoms with Crippen LogP contribution < -0.4 is 59.1 Å². The topological polar surface area (TPSA) is 185 Å². The zero-order valence-electron chi connectivity index (χ0n) is 18.4. The van der Waals surface area contributed by atoms with Gasteiger partial charge < -0.3 is 22.5 Å². The number of benzene rings is 1. The molecule has 1 aromatic rings. The monoisotopic (exact) mass is 484 g/mol. The van der Waals surface area contributed by atoms with E-state index in [1.807, 2.05) is 0 Å². The Balaban J connectivity index is -0.00000210. The van der Waals surface area contributed by atoms with E-state index in [4.69, 9.17) is 14.0 Å². The maximum atomic E-state index is 12.7. The van der Waals surface area contributed by atoms with Gasteiger partial charge in [0.2, 0.25) is 5.79 Å². The van der Waals surface area contributed by atoms with E-state index in [0.717, 1.165) is 32.4 Å². The van der Waals surface area contributed by atoms with E-state index >= 15 is 0 Å². The second-order valence-electron chi connectivity index (χ2n) is 5.65. The van der Waals surface area contributed by atoms with Crippen LogP contribution in [-0.4, -0.2) is 61.9 Å². The number of phenols is 1. The van der Waals surface area contributed by atoms with Crippen LogP contribution in [0.25, 0.3) is 0 Å². The number of Topliss-reactive ketones (excluding diaryl/α,β-unsaturated/α-hetero) is 1. The van der Waals surface area contributed by atoms with Gasteiger partial charge in [0.25, 0.3) is 20.2 Å². The van der Waals surface area contributed by atoms with Crippen LogP contribution in [0.15, 0.2) is 45.9 Å². The Kier molecular flexibility index (Phi) is 10.4. The van der Waals surface area contributed by atoms with Crippen LogP contribution in [0, 0.1) is 5.92 Å². The Hall–Kier alpha value is -0.290. The van der Waals surface area contributed by atoms with E-state index in [2.05, 4.69) is 0 Å². The van der Waals surface area contributed by atoms with Crippen molar-refractivity contribution in [3.63, 3.8) is 0 Å². The Morgan fingerprint density at radius 2 is 1.57 bits per heavy atom. The second-order valence-corrected chi connectivity index (χ2v) is 8.46. The molecule has 11 nitrogen and oxygen atoms in total. The molecule has 0 saturated heterocycles. The van der Waals surface area contributed by atoms with E-state index in [1.54, 1.807) is 0 Å². The third-order valence-corrected chi connectivity index (χ3v) is 5.84. The van der Waals surface area contributed by atoms with Gasteiger partial charge in [-0.15, -0.1) is 0 Å². The van der Waals surface area contributed by atoms with Gasteiger partial charge in [-0.3, -0.25) is 13.9 Å². The van der Waals surface area contributed by atoms with Crippen LogP contribution in [0.2, 0.25) is 0 Å². The van der Waals surface area contributed by atoms with Gasteiger partial charge in [-0.1, -0.05) is 0 Å². The SMILES string of the molecule is COC1(OC)C=C(O)C(C(=O)c2cc(S(=O)(=O)O)ccc2O)C=C1S(=O)(=O)O.[H-].[H-].[Na+].[Na+]. The number of ketones is 1. The molecule has 1 unspecified atom stereocenters. The Morgan fingerprint density at radius 1 is 1.03 bits per heavy atom. The predicted molar refractivity (Wildman–Crippen MR) is 95.1 cm³/mol. The molecule has 0 amide bonds. The number of hydrogen-bond acceptors (Lipinski definition) is 9. The Bertz CT molecular complexity index is 1100. The number of rotatable bonds is 6. The summed E-state index contributed by atoms with van der Waals surface area (Å²) in [6, 6.07) is 2.30. The van der Waals surface area contributed by atoms with Gasteiger partial charge in [0, 0.05) is 20.3 Å². The number of aliphatic hydroxyl groups excluding tert-OH is 1. The maximum absolute atomic E-state index is 12.7. The molecule has 0 spiro atoms. The van der Waals surface area contributed by atoms with Crippen molar-refractivity contribution in [2.45, 2.75) is 10.7 Å². The van der Waals surface area contributed by atoms with Crippen LogP contribution in [0.5, 0.6) is 5.75 Å². The molecule has 0 fully saturated rings. The smallest absolute Gasteiger partial charge is 1.00 e. The molecule has 4 N–H and O–H groups in total. The standard InChI is InChI=1S/C15H16O11S2.2Na.2H/c1-25-15(26-2)7-12(17)10(6-13(15)28(22,23)24)14(18)9-5-8(27(19,20)21)3-4-11(9)16;;;;/h3-7,10,16-17H,1-2H3,(H,19,20,21)(H,22,23,24);;;;/q;2*+1;2*-1. The maximum Gasteiger partial charge on any atom is 1.00 e. The molecular weight excluding hydrogens is 466 g/mol. The number of methoxy groups -OCH3 is 2. The van der Waals surface area contributed by atoms with E-state index in [9.17, 15) is 36.4 Å². The zero-order chi connectivity index (χ0) is 21.5. The minimum Gasteiger partial charge on any atom is -1.00 e. The van der Waals surface area contributed by atoms with Crippen LogP contribution in [-0.2, 0) is 29.7 Å². The molecule has 0 aromatic heterocycles. The van der Waals surface area contributed by atoms with Crippen LogP contribution in [0.4, 0.5) is 0 Å². The minimum absolute atomic E-state index is 0. The van der Waals surface area contributed by atoms with Crippen LogP contribution >= 0.6 is 0 Å². The molecular formula is C15H18Na2O11S2. The Morgan fingerprint density at radius 3 is 2.00 bits per heavy atom. The Labute approximate surface area is 219 Å². The summed E-state index contributed by atoms with van der Waals surface area (Å²) in [4.78, 5) is 11.1. The van der Waals surface area contributed by atoms with Gasteiger partial charge in [-0.2, -0.15) is 16.8 Å². The number of ether oxygens (including phenoxy) is 2. The molecule has 15 heteroatoms.